The Kier molecular flexibility index (Phi) is 7.92. The van der Waals surface area contributed by atoms with Gasteiger partial charge in [0, 0.05) is 17.0 Å². The van der Waals surface area contributed by atoms with Crippen molar-refractivity contribution in [1.29, 1.82) is 0 Å². The Balaban J connectivity index is 1.57. The van der Waals surface area contributed by atoms with Gasteiger partial charge < -0.3 is 24.8 Å². The van der Waals surface area contributed by atoms with Crippen molar-refractivity contribution >= 4 is 28.2 Å². The van der Waals surface area contributed by atoms with Crippen LogP contribution in [0.3, 0.4) is 0 Å². The Bertz CT molecular complexity index is 1180. The van der Waals surface area contributed by atoms with Crippen molar-refractivity contribution in [3.8, 4) is 17.2 Å². The Hall–Kier alpha value is -3.52. The van der Waals surface area contributed by atoms with E-state index in [1.165, 1.54) is 37.5 Å². The summed E-state index contributed by atoms with van der Waals surface area (Å²) in [6, 6.07) is 13.2. The van der Waals surface area contributed by atoms with E-state index in [1.807, 2.05) is 30.3 Å². The lowest BCUT2D eigenvalue weighted by molar-refractivity contribution is 0.0954. The van der Waals surface area contributed by atoms with Crippen molar-refractivity contribution in [2.24, 2.45) is 0 Å². The Morgan fingerprint density at radius 1 is 0.914 bits per heavy atom. The fourth-order valence-corrected chi connectivity index (χ4v) is 5.62. The summed E-state index contributed by atoms with van der Waals surface area (Å²) in [6.07, 6.45) is 4.63. The van der Waals surface area contributed by atoms with Crippen LogP contribution in [0, 0.1) is 0 Å². The molecule has 4 rings (SSSR count). The standard InChI is InChI=1S/C27H30N2O5S/c1-32-20-15-18(16-21(33-2)24(20)34-3)25(30)29-27-23(19-11-7-8-12-22(19)35-27)26(31)28-14-13-17-9-5-4-6-10-17/h4-6,9-10,15-16H,7-8,11-14H2,1-3H3,(H,28,31)(H,29,30). The van der Waals surface area contributed by atoms with Crippen LogP contribution in [0.2, 0.25) is 0 Å². The smallest absolute Gasteiger partial charge is 0.256 e. The molecule has 3 aromatic rings. The summed E-state index contributed by atoms with van der Waals surface area (Å²) in [4.78, 5) is 27.7. The van der Waals surface area contributed by atoms with Gasteiger partial charge in [-0.2, -0.15) is 0 Å². The maximum Gasteiger partial charge on any atom is 0.256 e. The van der Waals surface area contributed by atoms with E-state index in [-0.39, 0.29) is 11.8 Å². The number of carbonyl (C=O) groups excluding carboxylic acids is 2. The van der Waals surface area contributed by atoms with Crippen LogP contribution in [0.5, 0.6) is 17.2 Å². The van der Waals surface area contributed by atoms with Gasteiger partial charge in [0.25, 0.3) is 11.8 Å². The Morgan fingerprint density at radius 2 is 1.60 bits per heavy atom. The van der Waals surface area contributed by atoms with Crippen molar-refractivity contribution < 1.29 is 23.8 Å². The maximum absolute atomic E-state index is 13.3. The van der Waals surface area contributed by atoms with Gasteiger partial charge in [-0.15, -0.1) is 11.3 Å². The van der Waals surface area contributed by atoms with Crippen LogP contribution in [0.15, 0.2) is 42.5 Å². The summed E-state index contributed by atoms with van der Waals surface area (Å²) in [7, 11) is 4.52. The Morgan fingerprint density at radius 3 is 2.26 bits per heavy atom. The first kappa shape index (κ1) is 24.6. The molecular weight excluding hydrogens is 464 g/mol. The number of benzene rings is 2. The molecule has 2 amide bonds. The normalized spacial score (nSPS) is 12.4. The van der Waals surface area contributed by atoms with Crippen LogP contribution in [0.4, 0.5) is 5.00 Å². The van der Waals surface area contributed by atoms with E-state index in [0.717, 1.165) is 43.2 Å². The summed E-state index contributed by atoms with van der Waals surface area (Å²) in [5, 5.41) is 6.61. The average molecular weight is 495 g/mol. The summed E-state index contributed by atoms with van der Waals surface area (Å²) >= 11 is 1.49. The topological polar surface area (TPSA) is 85.9 Å². The first-order valence-corrected chi connectivity index (χ1v) is 12.4. The fourth-order valence-electron chi connectivity index (χ4n) is 4.34. The van der Waals surface area contributed by atoms with Crippen LogP contribution in [0.25, 0.3) is 0 Å². The van der Waals surface area contributed by atoms with E-state index in [9.17, 15) is 9.59 Å². The highest BCUT2D eigenvalue weighted by molar-refractivity contribution is 7.17. The van der Waals surface area contributed by atoms with Crippen molar-refractivity contribution in [2.45, 2.75) is 32.1 Å². The molecule has 0 radical (unpaired) electrons. The van der Waals surface area contributed by atoms with Gasteiger partial charge in [-0.1, -0.05) is 30.3 Å². The number of hydrogen-bond acceptors (Lipinski definition) is 6. The van der Waals surface area contributed by atoms with Crippen LogP contribution in [-0.2, 0) is 19.3 Å². The fraction of sp³-hybridized carbons (Fsp3) is 0.333. The van der Waals surface area contributed by atoms with Gasteiger partial charge in [-0.25, -0.2) is 0 Å². The molecule has 1 heterocycles. The van der Waals surface area contributed by atoms with Crippen molar-refractivity contribution in [1.82, 2.24) is 5.32 Å². The summed E-state index contributed by atoms with van der Waals surface area (Å²) in [5.41, 5.74) is 3.15. The molecule has 0 spiro atoms. The number of thiophene rings is 1. The lowest BCUT2D eigenvalue weighted by Gasteiger charge is -2.15. The molecule has 1 aromatic heterocycles. The van der Waals surface area contributed by atoms with Gasteiger partial charge in [0.15, 0.2) is 11.5 Å². The Labute approximate surface area is 209 Å². The van der Waals surface area contributed by atoms with Gasteiger partial charge in [-0.05, 0) is 55.4 Å². The molecular formula is C27H30N2O5S. The van der Waals surface area contributed by atoms with E-state index in [2.05, 4.69) is 10.6 Å². The van der Waals surface area contributed by atoms with Crippen LogP contribution < -0.4 is 24.8 Å². The largest absolute Gasteiger partial charge is 0.493 e. The quantitative estimate of drug-likeness (QED) is 0.443. The zero-order valence-corrected chi connectivity index (χ0v) is 21.1. The molecule has 184 valence electrons. The van der Waals surface area contributed by atoms with E-state index < -0.39 is 0 Å². The van der Waals surface area contributed by atoms with E-state index in [0.29, 0.717) is 39.9 Å². The van der Waals surface area contributed by atoms with Crippen LogP contribution >= 0.6 is 11.3 Å². The molecule has 1 aliphatic carbocycles. The second-order valence-corrected chi connectivity index (χ2v) is 9.38. The molecule has 35 heavy (non-hydrogen) atoms. The summed E-state index contributed by atoms with van der Waals surface area (Å²) in [6.45, 7) is 0.522. The summed E-state index contributed by atoms with van der Waals surface area (Å²) < 4.78 is 16.1. The molecule has 7 nitrogen and oxygen atoms in total. The summed E-state index contributed by atoms with van der Waals surface area (Å²) in [5.74, 6) is 0.695. The number of aryl methyl sites for hydroxylation is 1. The van der Waals surface area contributed by atoms with E-state index in [4.69, 9.17) is 14.2 Å². The number of amides is 2. The van der Waals surface area contributed by atoms with Gasteiger partial charge in [0.2, 0.25) is 5.75 Å². The maximum atomic E-state index is 13.3. The van der Waals surface area contributed by atoms with Crippen molar-refractivity contribution in [3.63, 3.8) is 0 Å². The second-order valence-electron chi connectivity index (χ2n) is 8.27. The van der Waals surface area contributed by atoms with Gasteiger partial charge >= 0.3 is 0 Å². The number of hydrogen-bond donors (Lipinski definition) is 2. The highest BCUT2D eigenvalue weighted by atomic mass is 32.1. The first-order valence-electron chi connectivity index (χ1n) is 11.6. The van der Waals surface area contributed by atoms with Crippen molar-refractivity contribution in [3.05, 3.63) is 69.6 Å². The highest BCUT2D eigenvalue weighted by Gasteiger charge is 2.27. The third kappa shape index (κ3) is 5.43. The molecule has 2 aromatic carbocycles. The minimum absolute atomic E-state index is 0.152. The van der Waals surface area contributed by atoms with Gasteiger partial charge in [0.05, 0.1) is 26.9 Å². The zero-order valence-electron chi connectivity index (χ0n) is 20.2. The lowest BCUT2D eigenvalue weighted by atomic mass is 9.95. The molecule has 1 aliphatic rings. The lowest BCUT2D eigenvalue weighted by Crippen LogP contribution is -2.27. The van der Waals surface area contributed by atoms with Gasteiger partial charge in [0.1, 0.15) is 5.00 Å². The van der Waals surface area contributed by atoms with E-state index in [1.54, 1.807) is 12.1 Å². The third-order valence-corrected chi connectivity index (χ3v) is 7.30. The molecule has 0 unspecified atom stereocenters. The predicted octanol–water partition coefficient (Wildman–Crippen LogP) is 4.88. The highest BCUT2D eigenvalue weighted by Crippen LogP contribution is 2.40. The minimum atomic E-state index is -0.346. The zero-order chi connectivity index (χ0) is 24.8. The monoisotopic (exact) mass is 494 g/mol. The third-order valence-electron chi connectivity index (χ3n) is 6.09. The number of fused-ring (bicyclic) bond motifs is 1. The number of methoxy groups -OCH3 is 3. The van der Waals surface area contributed by atoms with Crippen LogP contribution in [-0.4, -0.2) is 39.7 Å². The molecule has 8 heteroatoms. The van der Waals surface area contributed by atoms with Crippen molar-refractivity contribution in [2.75, 3.05) is 33.2 Å². The first-order chi connectivity index (χ1) is 17.0. The molecule has 2 N–H and O–H groups in total. The number of nitrogens with one attached hydrogen (secondary N) is 2. The number of carbonyl (C=O) groups is 2. The molecule has 0 atom stereocenters. The number of rotatable bonds is 9. The molecule has 0 saturated carbocycles. The average Bonchev–Trinajstić information content (AvgIpc) is 3.26. The number of anilines is 1. The van der Waals surface area contributed by atoms with Gasteiger partial charge in [-0.3, -0.25) is 9.59 Å². The molecule has 0 saturated heterocycles. The van der Waals surface area contributed by atoms with Crippen LogP contribution in [0.1, 0.15) is 49.6 Å². The second kappa shape index (κ2) is 11.3. The minimum Gasteiger partial charge on any atom is -0.493 e. The predicted molar refractivity (Wildman–Crippen MR) is 137 cm³/mol. The SMILES string of the molecule is COc1cc(C(=O)Nc2sc3c(c2C(=O)NCCc2ccccc2)CCCC3)cc(OC)c1OC. The molecule has 0 fully saturated rings. The molecule has 0 bridgehead atoms. The van der Waals surface area contributed by atoms with E-state index >= 15 is 0 Å². The number of ether oxygens (including phenoxy) is 3. The molecule has 0 aliphatic heterocycles.